The number of amides is 1. The van der Waals surface area contributed by atoms with E-state index in [2.05, 4.69) is 10.6 Å². The highest BCUT2D eigenvalue weighted by molar-refractivity contribution is 5.91. The lowest BCUT2D eigenvalue weighted by Crippen LogP contribution is -2.32. The second kappa shape index (κ2) is 7.26. The number of hydrogen-bond donors (Lipinski definition) is 3. The van der Waals surface area contributed by atoms with Crippen LogP contribution in [0.2, 0.25) is 0 Å². The van der Waals surface area contributed by atoms with Crippen LogP contribution in [0, 0.1) is 0 Å². The maximum absolute atomic E-state index is 11.4. The second-order valence-corrected chi connectivity index (χ2v) is 5.31. The van der Waals surface area contributed by atoms with Gasteiger partial charge >= 0.3 is 0 Å². The maximum atomic E-state index is 11.4. The summed E-state index contributed by atoms with van der Waals surface area (Å²) in [6, 6.07) is 8.62. The van der Waals surface area contributed by atoms with Gasteiger partial charge in [-0.2, -0.15) is 0 Å². The van der Waals surface area contributed by atoms with Crippen LogP contribution in [0.1, 0.15) is 25.7 Å². The van der Waals surface area contributed by atoms with Crippen LogP contribution in [0.3, 0.4) is 0 Å². The van der Waals surface area contributed by atoms with E-state index in [4.69, 9.17) is 10.5 Å². The average Bonchev–Trinajstić information content (AvgIpc) is 2.44. The summed E-state index contributed by atoms with van der Waals surface area (Å²) in [5.41, 5.74) is 7.76. The highest BCUT2D eigenvalue weighted by Gasteiger charge is 2.17. The van der Waals surface area contributed by atoms with Gasteiger partial charge in [0.05, 0.1) is 0 Å². The van der Waals surface area contributed by atoms with Crippen molar-refractivity contribution < 1.29 is 9.53 Å². The van der Waals surface area contributed by atoms with E-state index < -0.39 is 0 Å². The summed E-state index contributed by atoms with van der Waals surface area (Å²) >= 11 is 0. The van der Waals surface area contributed by atoms with Crippen molar-refractivity contribution in [1.82, 2.24) is 0 Å². The van der Waals surface area contributed by atoms with E-state index in [-0.39, 0.29) is 12.5 Å². The number of carbonyl (C=O) groups excluding carboxylic acids is 1. The van der Waals surface area contributed by atoms with E-state index in [1.54, 1.807) is 0 Å². The molecule has 0 unspecified atom stereocenters. The minimum Gasteiger partial charge on any atom is -0.382 e. The molecule has 1 aliphatic rings. The largest absolute Gasteiger partial charge is 0.382 e. The standard InChI is InChI=1S/C15H23N3O2/c1-20-10-15(19)18-14-8-6-13(7-9-14)17-12-4-2-11(16)3-5-12/h6-9,11-12,17H,2-5,10,16H2,1H3,(H,18,19). The Balaban J connectivity index is 1.83. The fraction of sp³-hybridized carbons (Fsp3) is 0.533. The topological polar surface area (TPSA) is 76.4 Å². The fourth-order valence-corrected chi connectivity index (χ4v) is 2.48. The first-order valence-electron chi connectivity index (χ1n) is 7.08. The lowest BCUT2D eigenvalue weighted by atomic mass is 9.92. The van der Waals surface area contributed by atoms with Crippen molar-refractivity contribution in [3.8, 4) is 0 Å². The zero-order chi connectivity index (χ0) is 14.4. The Bertz CT molecular complexity index is 425. The predicted octanol–water partition coefficient (Wildman–Crippen LogP) is 1.95. The normalized spacial score (nSPS) is 22.3. The van der Waals surface area contributed by atoms with Crippen LogP contribution in [-0.4, -0.2) is 31.7 Å². The first kappa shape index (κ1) is 14.8. The van der Waals surface area contributed by atoms with Crippen LogP contribution < -0.4 is 16.4 Å². The summed E-state index contributed by atoms with van der Waals surface area (Å²) in [7, 11) is 1.50. The van der Waals surface area contributed by atoms with Gasteiger partial charge in [0.15, 0.2) is 0 Å². The Morgan fingerprint density at radius 1 is 1.20 bits per heavy atom. The number of nitrogens with one attached hydrogen (secondary N) is 2. The van der Waals surface area contributed by atoms with E-state index in [1.165, 1.54) is 7.11 Å². The minimum atomic E-state index is -0.144. The molecule has 20 heavy (non-hydrogen) atoms. The molecule has 4 N–H and O–H groups in total. The maximum Gasteiger partial charge on any atom is 0.250 e. The van der Waals surface area contributed by atoms with Gasteiger partial charge in [-0.25, -0.2) is 0 Å². The number of methoxy groups -OCH3 is 1. The molecule has 0 aliphatic heterocycles. The van der Waals surface area contributed by atoms with E-state index in [1.807, 2.05) is 24.3 Å². The number of carbonyl (C=O) groups is 1. The molecule has 1 aromatic rings. The van der Waals surface area contributed by atoms with Gasteiger partial charge in [-0.05, 0) is 49.9 Å². The molecule has 1 amide bonds. The number of rotatable bonds is 5. The Labute approximate surface area is 119 Å². The SMILES string of the molecule is COCC(=O)Nc1ccc(NC2CCC(N)CC2)cc1. The molecule has 0 heterocycles. The first-order valence-corrected chi connectivity index (χ1v) is 7.08. The third-order valence-corrected chi connectivity index (χ3v) is 3.59. The number of nitrogens with two attached hydrogens (primary N) is 1. The summed E-state index contributed by atoms with van der Waals surface area (Å²) in [5.74, 6) is -0.144. The van der Waals surface area contributed by atoms with Gasteiger partial charge in [0, 0.05) is 30.6 Å². The number of ether oxygens (including phenoxy) is 1. The molecule has 0 radical (unpaired) electrons. The molecule has 1 saturated carbocycles. The van der Waals surface area contributed by atoms with Crippen molar-refractivity contribution in [2.75, 3.05) is 24.4 Å². The van der Waals surface area contributed by atoms with Gasteiger partial charge in [-0.3, -0.25) is 4.79 Å². The molecular formula is C15H23N3O2. The highest BCUT2D eigenvalue weighted by atomic mass is 16.5. The summed E-state index contributed by atoms with van der Waals surface area (Å²) in [5, 5.41) is 6.29. The lowest BCUT2D eigenvalue weighted by Gasteiger charge is -2.27. The van der Waals surface area contributed by atoms with Gasteiger partial charge in [-0.1, -0.05) is 0 Å². The van der Waals surface area contributed by atoms with Crippen molar-refractivity contribution in [3.05, 3.63) is 24.3 Å². The Morgan fingerprint density at radius 2 is 1.80 bits per heavy atom. The third kappa shape index (κ3) is 4.51. The number of benzene rings is 1. The average molecular weight is 277 g/mol. The van der Waals surface area contributed by atoms with Crippen LogP contribution in [0.25, 0.3) is 0 Å². The van der Waals surface area contributed by atoms with E-state index >= 15 is 0 Å². The Hall–Kier alpha value is -1.59. The van der Waals surface area contributed by atoms with Gasteiger partial charge in [0.25, 0.3) is 0 Å². The molecule has 110 valence electrons. The molecule has 0 bridgehead atoms. The van der Waals surface area contributed by atoms with Crippen molar-refractivity contribution in [1.29, 1.82) is 0 Å². The number of anilines is 2. The van der Waals surface area contributed by atoms with Crippen molar-refractivity contribution >= 4 is 17.3 Å². The highest BCUT2D eigenvalue weighted by Crippen LogP contribution is 2.22. The van der Waals surface area contributed by atoms with Crippen LogP contribution in [0.4, 0.5) is 11.4 Å². The van der Waals surface area contributed by atoms with Crippen LogP contribution >= 0.6 is 0 Å². The van der Waals surface area contributed by atoms with E-state index in [0.717, 1.165) is 37.1 Å². The molecule has 5 nitrogen and oxygen atoms in total. The molecule has 1 aliphatic carbocycles. The van der Waals surface area contributed by atoms with Gasteiger partial charge in [-0.15, -0.1) is 0 Å². The Kier molecular flexibility index (Phi) is 5.38. The smallest absolute Gasteiger partial charge is 0.250 e. The molecule has 0 saturated heterocycles. The second-order valence-electron chi connectivity index (χ2n) is 5.31. The van der Waals surface area contributed by atoms with Crippen LogP contribution in [0.5, 0.6) is 0 Å². The molecule has 2 rings (SSSR count). The molecule has 0 spiro atoms. The van der Waals surface area contributed by atoms with Crippen LogP contribution in [0.15, 0.2) is 24.3 Å². The van der Waals surface area contributed by atoms with Crippen LogP contribution in [-0.2, 0) is 9.53 Å². The molecule has 1 aromatic carbocycles. The van der Waals surface area contributed by atoms with E-state index in [0.29, 0.717) is 12.1 Å². The molecule has 0 aromatic heterocycles. The predicted molar refractivity (Wildman–Crippen MR) is 80.8 cm³/mol. The van der Waals surface area contributed by atoms with Gasteiger partial charge < -0.3 is 21.1 Å². The van der Waals surface area contributed by atoms with Gasteiger partial charge in [0.1, 0.15) is 6.61 Å². The lowest BCUT2D eigenvalue weighted by molar-refractivity contribution is -0.119. The zero-order valence-electron chi connectivity index (χ0n) is 11.9. The first-order chi connectivity index (χ1) is 9.67. The quantitative estimate of drug-likeness (QED) is 0.769. The Morgan fingerprint density at radius 3 is 2.40 bits per heavy atom. The molecule has 5 heteroatoms. The van der Waals surface area contributed by atoms with Crippen molar-refractivity contribution in [2.24, 2.45) is 5.73 Å². The summed E-state index contributed by atoms with van der Waals surface area (Å²) in [6.45, 7) is 0.0718. The summed E-state index contributed by atoms with van der Waals surface area (Å²) < 4.78 is 4.77. The van der Waals surface area contributed by atoms with Gasteiger partial charge in [0.2, 0.25) is 5.91 Å². The summed E-state index contributed by atoms with van der Waals surface area (Å²) in [4.78, 5) is 11.4. The zero-order valence-corrected chi connectivity index (χ0v) is 11.9. The molecule has 1 fully saturated rings. The monoisotopic (exact) mass is 277 g/mol. The van der Waals surface area contributed by atoms with Crippen molar-refractivity contribution in [2.45, 2.75) is 37.8 Å². The molecular weight excluding hydrogens is 254 g/mol. The molecule has 0 atom stereocenters. The third-order valence-electron chi connectivity index (χ3n) is 3.59. The fourth-order valence-electron chi connectivity index (χ4n) is 2.48. The van der Waals surface area contributed by atoms with E-state index in [9.17, 15) is 4.79 Å². The minimum absolute atomic E-state index is 0.0718. The summed E-state index contributed by atoms with van der Waals surface area (Å²) in [6.07, 6.45) is 4.41. The number of hydrogen-bond acceptors (Lipinski definition) is 4. The van der Waals surface area contributed by atoms with Crippen molar-refractivity contribution in [3.63, 3.8) is 0 Å².